The lowest BCUT2D eigenvalue weighted by atomic mass is 9.88. The number of carbonyl (C=O) groups excluding carboxylic acids is 2. The van der Waals surface area contributed by atoms with Gasteiger partial charge in [-0.3, -0.25) is 9.80 Å². The Morgan fingerprint density at radius 1 is 1.19 bits per heavy atom. The highest BCUT2D eigenvalue weighted by atomic mass is 19.4. The largest absolute Gasteiger partial charge is 0.554 e. The van der Waals surface area contributed by atoms with Gasteiger partial charge in [0.1, 0.15) is 6.04 Å². The first-order valence-electron chi connectivity index (χ1n) is 15.1. The number of aromatic amines is 1. The van der Waals surface area contributed by atoms with Gasteiger partial charge < -0.3 is 19.1 Å². The van der Waals surface area contributed by atoms with Crippen LogP contribution in [0.1, 0.15) is 41.6 Å². The van der Waals surface area contributed by atoms with E-state index in [0.29, 0.717) is 17.5 Å². The van der Waals surface area contributed by atoms with Gasteiger partial charge in [-0.15, -0.1) is 5.10 Å². The van der Waals surface area contributed by atoms with Crippen molar-refractivity contribution in [2.24, 2.45) is 0 Å². The Bertz CT molecular complexity index is 1770. The van der Waals surface area contributed by atoms with Crippen LogP contribution in [0.15, 0.2) is 58.5 Å². The number of piperazine rings is 3. The van der Waals surface area contributed by atoms with Crippen molar-refractivity contribution < 1.29 is 37.1 Å². The fraction of sp³-hybridized carbons (Fsp3) is 0.406. The topological polar surface area (TPSA) is 147 Å². The molecule has 15 heteroatoms. The number of aromatic nitrogens is 3. The van der Waals surface area contributed by atoms with E-state index in [1.807, 2.05) is 0 Å². The number of carbonyl (C=O) groups is 2. The summed E-state index contributed by atoms with van der Waals surface area (Å²) in [6, 6.07) is 11.0. The second-order valence-electron chi connectivity index (χ2n) is 11.8. The van der Waals surface area contributed by atoms with Gasteiger partial charge in [-0.1, -0.05) is 12.1 Å². The average Bonchev–Trinajstić information content (AvgIpc) is 3.45. The number of halogens is 3. The third-order valence-corrected chi connectivity index (χ3v) is 9.30. The first-order valence-corrected chi connectivity index (χ1v) is 15.1. The van der Waals surface area contributed by atoms with Crippen molar-refractivity contribution in [3.63, 3.8) is 0 Å². The number of hydrogen-bond acceptors (Lipinski definition) is 9. The highest BCUT2D eigenvalue weighted by Crippen LogP contribution is 2.43. The minimum atomic E-state index is -4.60. The van der Waals surface area contributed by atoms with Crippen LogP contribution in [0.5, 0.6) is 0 Å². The fourth-order valence-electron chi connectivity index (χ4n) is 6.91. The molecule has 0 spiro atoms. The lowest BCUT2D eigenvalue weighted by Gasteiger charge is -2.50. The minimum Gasteiger partial charge on any atom is -0.554 e. The molecule has 3 saturated heterocycles. The highest BCUT2D eigenvalue weighted by molar-refractivity contribution is 5.93. The number of nitriles is 1. The first kappa shape index (κ1) is 33.4. The van der Waals surface area contributed by atoms with E-state index in [4.69, 9.17) is 14.6 Å². The number of alkyl halides is 3. The summed E-state index contributed by atoms with van der Waals surface area (Å²) in [5, 5.41) is 24.6. The predicted octanol–water partition coefficient (Wildman–Crippen LogP) is 2.09. The SMILES string of the molecule is COC(=O)C1=C(C)N(c2cccc(C(F)(F)F)c2)c2n[nH]c(=O)n2C1c1ccc(C#N)cc1CCC[N+]12CCN(CC1)CC2.O=C[O-]. The van der Waals surface area contributed by atoms with E-state index >= 15 is 0 Å². The average molecular weight is 654 g/mol. The molecule has 5 heterocycles. The number of quaternary nitrogens is 1. The third kappa shape index (κ3) is 6.51. The van der Waals surface area contributed by atoms with Gasteiger partial charge in [0.25, 0.3) is 0 Å². The van der Waals surface area contributed by atoms with E-state index in [0.717, 1.165) is 74.4 Å². The molecule has 3 aromatic rings. The number of allylic oxidation sites excluding steroid dienone is 1. The van der Waals surface area contributed by atoms with Crippen LogP contribution in [0.3, 0.4) is 0 Å². The summed E-state index contributed by atoms with van der Waals surface area (Å²) < 4.78 is 48.4. The summed E-state index contributed by atoms with van der Waals surface area (Å²) in [4.78, 5) is 38.9. The monoisotopic (exact) mass is 653 g/mol. The number of fused-ring (bicyclic) bond motifs is 4. The third-order valence-electron chi connectivity index (χ3n) is 9.30. The molecule has 1 atom stereocenters. The number of benzene rings is 2. The Morgan fingerprint density at radius 2 is 1.87 bits per heavy atom. The van der Waals surface area contributed by atoms with Crippen molar-refractivity contribution >= 4 is 24.1 Å². The number of anilines is 2. The summed E-state index contributed by atoms with van der Waals surface area (Å²) in [5.41, 5.74) is 0.787. The number of nitrogens with zero attached hydrogens (tertiary/aromatic N) is 6. The number of hydrogen-bond donors (Lipinski definition) is 1. The zero-order valence-corrected chi connectivity index (χ0v) is 25.9. The van der Waals surface area contributed by atoms with Crippen LogP contribution < -0.4 is 15.7 Å². The number of H-pyrrole nitrogens is 1. The standard InChI is InChI=1S/C31H32F3N7O3.CH2O2/c1-20-26(28(42)44-2)27(40-29(36-37-30(40)43)39(20)24-7-3-6-23(18-24)31(32,33)34)25-9-8-21(19-35)17-22(25)5-4-13-41-14-10-38(11-15-41)12-16-41;2-1-3/h3,6-9,17-18,27H,4-5,10-16H2,1-2H3;1H,(H,2,3). The molecule has 2 bridgehead atoms. The van der Waals surface area contributed by atoms with Gasteiger partial charge in [0.2, 0.25) is 5.95 Å². The quantitative estimate of drug-likeness (QED) is 0.230. The Balaban J connectivity index is 0.00000139. The molecule has 0 saturated carbocycles. The molecule has 1 unspecified atom stereocenters. The number of ether oxygens (including phenoxy) is 1. The van der Waals surface area contributed by atoms with Gasteiger partial charge in [0, 0.05) is 43.9 Å². The van der Waals surface area contributed by atoms with Crippen molar-refractivity contribution in [3.05, 3.63) is 86.5 Å². The van der Waals surface area contributed by atoms with Crippen LogP contribution in [0.25, 0.3) is 0 Å². The maximum Gasteiger partial charge on any atom is 0.416 e. The molecule has 1 aromatic heterocycles. The van der Waals surface area contributed by atoms with Crippen LogP contribution in [0.2, 0.25) is 0 Å². The highest BCUT2D eigenvalue weighted by Gasteiger charge is 2.42. The molecular formula is C32H34F3N7O5. The zero-order valence-electron chi connectivity index (χ0n) is 25.9. The Morgan fingerprint density at radius 3 is 2.49 bits per heavy atom. The molecule has 2 aromatic carbocycles. The van der Waals surface area contributed by atoms with Crippen LogP contribution in [-0.2, 0) is 26.9 Å². The number of esters is 1. The van der Waals surface area contributed by atoms with E-state index in [9.17, 15) is 28.0 Å². The zero-order chi connectivity index (χ0) is 33.9. The van der Waals surface area contributed by atoms with Crippen molar-refractivity contribution in [2.75, 3.05) is 57.8 Å². The summed E-state index contributed by atoms with van der Waals surface area (Å²) >= 11 is 0. The summed E-state index contributed by atoms with van der Waals surface area (Å²) in [6.45, 7) is 8.70. The van der Waals surface area contributed by atoms with Crippen molar-refractivity contribution in [1.29, 1.82) is 5.26 Å². The van der Waals surface area contributed by atoms with E-state index in [1.165, 1.54) is 28.7 Å². The van der Waals surface area contributed by atoms with Crippen molar-refractivity contribution in [3.8, 4) is 6.07 Å². The van der Waals surface area contributed by atoms with Gasteiger partial charge in [0.15, 0.2) is 0 Å². The van der Waals surface area contributed by atoms with E-state index in [2.05, 4.69) is 21.2 Å². The van der Waals surface area contributed by atoms with Gasteiger partial charge in [-0.05, 0) is 54.8 Å². The Kier molecular flexibility index (Phi) is 9.55. The summed E-state index contributed by atoms with van der Waals surface area (Å²) in [6.07, 6.45) is -3.15. The lowest BCUT2D eigenvalue weighted by molar-refractivity contribution is -0.941. The van der Waals surface area contributed by atoms with Gasteiger partial charge in [-0.2, -0.15) is 18.4 Å². The van der Waals surface area contributed by atoms with Crippen molar-refractivity contribution in [2.45, 2.75) is 32.0 Å². The maximum atomic E-state index is 13.6. The van der Waals surface area contributed by atoms with Crippen LogP contribution in [0, 0.1) is 11.3 Å². The van der Waals surface area contributed by atoms with Crippen LogP contribution in [0.4, 0.5) is 24.8 Å². The van der Waals surface area contributed by atoms with Crippen molar-refractivity contribution in [1.82, 2.24) is 19.7 Å². The van der Waals surface area contributed by atoms with Gasteiger partial charge in [-0.25, -0.2) is 19.3 Å². The van der Waals surface area contributed by atoms with E-state index in [1.54, 1.807) is 25.1 Å². The van der Waals surface area contributed by atoms with E-state index in [-0.39, 0.29) is 22.9 Å². The second kappa shape index (κ2) is 13.4. The minimum absolute atomic E-state index is 0.0318. The fourth-order valence-corrected chi connectivity index (χ4v) is 6.91. The summed E-state index contributed by atoms with van der Waals surface area (Å²) in [5.74, 6) is -0.702. The molecule has 7 rings (SSSR count). The molecule has 0 amide bonds. The normalized spacial score (nSPS) is 21.7. The van der Waals surface area contributed by atoms with Gasteiger partial charge >= 0.3 is 17.8 Å². The molecule has 248 valence electrons. The first-order chi connectivity index (χ1) is 22.5. The second-order valence-corrected chi connectivity index (χ2v) is 11.8. The summed E-state index contributed by atoms with van der Waals surface area (Å²) in [7, 11) is 1.22. The number of methoxy groups -OCH3 is 1. The molecule has 3 fully saturated rings. The number of aryl methyl sites for hydroxylation is 1. The van der Waals surface area contributed by atoms with Gasteiger partial charge in [0.05, 0.1) is 56.1 Å². The number of carboxylic acid groups (broad SMARTS) is 1. The lowest BCUT2D eigenvalue weighted by Crippen LogP contribution is -2.67. The Labute approximate surface area is 268 Å². The van der Waals surface area contributed by atoms with Crippen LogP contribution in [-0.4, -0.2) is 89.5 Å². The maximum absolute atomic E-state index is 13.6. The molecule has 0 radical (unpaired) electrons. The molecule has 0 aliphatic carbocycles. The number of rotatable bonds is 7. The molecule has 4 aliphatic heterocycles. The van der Waals surface area contributed by atoms with Crippen LogP contribution >= 0.6 is 0 Å². The molecule has 47 heavy (non-hydrogen) atoms. The Hall–Kier alpha value is -4.94. The number of nitrogens with one attached hydrogen (secondary N) is 1. The predicted molar refractivity (Wildman–Crippen MR) is 161 cm³/mol. The van der Waals surface area contributed by atoms with E-state index < -0.39 is 35.9 Å². The molecule has 12 nitrogen and oxygen atoms in total. The molecular weight excluding hydrogens is 619 g/mol. The molecule has 4 aliphatic rings. The smallest absolute Gasteiger partial charge is 0.416 e. The molecule has 1 N–H and O–H groups in total.